The van der Waals surface area contributed by atoms with Crippen LogP contribution in [0, 0.1) is 0 Å². The Kier molecular flexibility index (Phi) is 13.4. The second-order valence-corrected chi connectivity index (χ2v) is 6.39. The Morgan fingerprint density at radius 3 is 1.95 bits per heavy atom. The second-order valence-electron chi connectivity index (χ2n) is 6.39. The molecule has 21 heavy (non-hydrogen) atoms. The van der Waals surface area contributed by atoms with Crippen LogP contribution in [0.25, 0.3) is 0 Å². The molecular formula is C17H37NO3. The molecule has 0 amide bonds. The predicted octanol–water partition coefficient (Wildman–Crippen LogP) is 3.08. The maximum Gasteiger partial charge on any atom is 0.113 e. The van der Waals surface area contributed by atoms with Gasteiger partial charge in [0.25, 0.3) is 0 Å². The van der Waals surface area contributed by atoms with Crippen molar-refractivity contribution in [1.82, 2.24) is 0 Å². The zero-order valence-electron chi connectivity index (χ0n) is 13.9. The van der Waals surface area contributed by atoms with Crippen molar-refractivity contribution in [3.05, 3.63) is 0 Å². The third kappa shape index (κ3) is 14.5. The van der Waals surface area contributed by atoms with Gasteiger partial charge in [0.1, 0.15) is 5.72 Å². The van der Waals surface area contributed by atoms with Crippen molar-refractivity contribution in [1.29, 1.82) is 0 Å². The van der Waals surface area contributed by atoms with Crippen LogP contribution in [0.5, 0.6) is 0 Å². The molecule has 4 heteroatoms. The fraction of sp³-hybridized carbons (Fsp3) is 1.00. The van der Waals surface area contributed by atoms with Crippen molar-refractivity contribution >= 4 is 0 Å². The first kappa shape index (κ1) is 20.8. The molecule has 2 atom stereocenters. The third-order valence-electron chi connectivity index (χ3n) is 4.06. The summed E-state index contributed by atoms with van der Waals surface area (Å²) in [5.41, 5.74) is 4.84. The molecule has 0 spiro atoms. The molecule has 0 aliphatic heterocycles. The van der Waals surface area contributed by atoms with E-state index in [-0.39, 0.29) is 12.7 Å². The molecule has 5 N–H and O–H groups in total. The minimum absolute atomic E-state index is 0.198. The van der Waals surface area contributed by atoms with Crippen LogP contribution in [0.2, 0.25) is 0 Å². The molecule has 0 fully saturated rings. The van der Waals surface area contributed by atoms with Gasteiger partial charge < -0.3 is 21.1 Å². The number of aliphatic hydroxyl groups excluding tert-OH is 2. The molecular weight excluding hydrogens is 266 g/mol. The van der Waals surface area contributed by atoms with Crippen LogP contribution in [0.4, 0.5) is 0 Å². The van der Waals surface area contributed by atoms with Gasteiger partial charge in [0.15, 0.2) is 0 Å². The molecule has 0 bridgehead atoms. The van der Waals surface area contributed by atoms with Gasteiger partial charge in [0.2, 0.25) is 0 Å². The van der Waals surface area contributed by atoms with Crippen LogP contribution in [0.1, 0.15) is 90.4 Å². The largest absolute Gasteiger partial charge is 0.396 e. The van der Waals surface area contributed by atoms with Gasteiger partial charge in [0.05, 0.1) is 6.10 Å². The molecule has 2 unspecified atom stereocenters. The van der Waals surface area contributed by atoms with E-state index in [1.165, 1.54) is 0 Å². The fourth-order valence-electron chi connectivity index (χ4n) is 2.59. The summed E-state index contributed by atoms with van der Waals surface area (Å²) in [6.45, 7) is 2.37. The van der Waals surface area contributed by atoms with Crippen LogP contribution in [-0.2, 0) is 0 Å². The summed E-state index contributed by atoms with van der Waals surface area (Å²) in [6.07, 6.45) is 11.9. The highest BCUT2D eigenvalue weighted by molar-refractivity contribution is 4.70. The molecule has 0 aromatic carbocycles. The summed E-state index contributed by atoms with van der Waals surface area (Å²) in [4.78, 5) is 0. The van der Waals surface area contributed by atoms with Crippen molar-refractivity contribution in [2.75, 3.05) is 6.61 Å². The smallest absolute Gasteiger partial charge is 0.113 e. The molecule has 0 radical (unpaired) electrons. The number of hydrogen-bond donors (Lipinski definition) is 4. The Hall–Kier alpha value is -0.160. The first-order valence-corrected chi connectivity index (χ1v) is 8.82. The lowest BCUT2D eigenvalue weighted by Gasteiger charge is -2.22. The van der Waals surface area contributed by atoms with E-state index in [1.54, 1.807) is 0 Å². The van der Waals surface area contributed by atoms with Gasteiger partial charge in [-0.3, -0.25) is 0 Å². The van der Waals surface area contributed by atoms with Crippen LogP contribution >= 0.6 is 0 Å². The van der Waals surface area contributed by atoms with E-state index < -0.39 is 5.72 Å². The molecule has 0 heterocycles. The number of hydrogen-bond acceptors (Lipinski definition) is 4. The number of unbranched alkanes of at least 4 members (excludes halogenated alkanes) is 6. The SMILES string of the molecule is CCCCC(N)(O)CCCCCC(O)CCCCCCO. The highest BCUT2D eigenvalue weighted by Crippen LogP contribution is 2.18. The van der Waals surface area contributed by atoms with E-state index in [9.17, 15) is 10.2 Å². The van der Waals surface area contributed by atoms with Gasteiger partial charge in [-0.25, -0.2) is 0 Å². The molecule has 4 nitrogen and oxygen atoms in total. The van der Waals surface area contributed by atoms with E-state index in [4.69, 9.17) is 10.8 Å². The molecule has 128 valence electrons. The van der Waals surface area contributed by atoms with E-state index in [0.717, 1.165) is 70.6 Å². The van der Waals surface area contributed by atoms with Gasteiger partial charge in [-0.15, -0.1) is 0 Å². The van der Waals surface area contributed by atoms with Crippen LogP contribution in [0.3, 0.4) is 0 Å². The topological polar surface area (TPSA) is 86.7 Å². The van der Waals surface area contributed by atoms with Crippen LogP contribution in [-0.4, -0.2) is 33.8 Å². The lowest BCUT2D eigenvalue weighted by molar-refractivity contribution is 0.0243. The Morgan fingerprint density at radius 2 is 1.38 bits per heavy atom. The average molecular weight is 303 g/mol. The highest BCUT2D eigenvalue weighted by Gasteiger charge is 2.19. The molecule has 0 rings (SSSR count). The lowest BCUT2D eigenvalue weighted by atomic mass is 9.98. The van der Waals surface area contributed by atoms with Gasteiger partial charge in [-0.1, -0.05) is 45.4 Å². The Balaban J connectivity index is 3.40. The zero-order chi connectivity index (χ0) is 16.0. The summed E-state index contributed by atoms with van der Waals surface area (Å²) < 4.78 is 0. The van der Waals surface area contributed by atoms with E-state index in [0.29, 0.717) is 12.8 Å². The Labute approximate surface area is 130 Å². The minimum atomic E-state index is -0.999. The van der Waals surface area contributed by atoms with Crippen molar-refractivity contribution in [2.45, 2.75) is 102 Å². The normalized spacial score (nSPS) is 15.9. The first-order chi connectivity index (χ1) is 10.0. The van der Waals surface area contributed by atoms with Crippen molar-refractivity contribution < 1.29 is 15.3 Å². The first-order valence-electron chi connectivity index (χ1n) is 8.82. The van der Waals surface area contributed by atoms with Crippen molar-refractivity contribution in [3.8, 4) is 0 Å². The maximum absolute atomic E-state index is 9.95. The minimum Gasteiger partial charge on any atom is -0.396 e. The van der Waals surface area contributed by atoms with Gasteiger partial charge in [0, 0.05) is 6.61 Å². The van der Waals surface area contributed by atoms with E-state index in [2.05, 4.69) is 6.92 Å². The van der Waals surface area contributed by atoms with Crippen LogP contribution in [0.15, 0.2) is 0 Å². The second kappa shape index (κ2) is 13.5. The number of aliphatic hydroxyl groups is 3. The highest BCUT2D eigenvalue weighted by atomic mass is 16.3. The van der Waals surface area contributed by atoms with Crippen molar-refractivity contribution in [2.24, 2.45) is 5.73 Å². The predicted molar refractivity (Wildman–Crippen MR) is 87.9 cm³/mol. The summed E-state index contributed by atoms with van der Waals surface area (Å²) in [5.74, 6) is 0. The van der Waals surface area contributed by atoms with Crippen LogP contribution < -0.4 is 5.73 Å². The monoisotopic (exact) mass is 303 g/mol. The van der Waals surface area contributed by atoms with Gasteiger partial charge >= 0.3 is 0 Å². The zero-order valence-corrected chi connectivity index (χ0v) is 13.9. The third-order valence-corrected chi connectivity index (χ3v) is 4.06. The summed E-state index contributed by atoms with van der Waals surface area (Å²) in [6, 6.07) is 0. The van der Waals surface area contributed by atoms with E-state index >= 15 is 0 Å². The maximum atomic E-state index is 9.95. The van der Waals surface area contributed by atoms with Crippen molar-refractivity contribution in [3.63, 3.8) is 0 Å². The Morgan fingerprint density at radius 1 is 0.857 bits per heavy atom. The summed E-state index contributed by atoms with van der Waals surface area (Å²) in [5, 5.41) is 28.5. The molecule has 0 saturated carbocycles. The lowest BCUT2D eigenvalue weighted by Crippen LogP contribution is -2.39. The number of nitrogens with two attached hydrogens (primary N) is 1. The molecule has 0 aromatic rings. The summed E-state index contributed by atoms with van der Waals surface area (Å²) in [7, 11) is 0. The quantitative estimate of drug-likeness (QED) is 0.276. The van der Waals surface area contributed by atoms with Gasteiger partial charge in [-0.2, -0.15) is 0 Å². The van der Waals surface area contributed by atoms with Gasteiger partial charge in [-0.05, 0) is 44.9 Å². The molecule has 0 saturated heterocycles. The Bertz CT molecular complexity index is 222. The molecule has 0 aliphatic rings. The fourth-order valence-corrected chi connectivity index (χ4v) is 2.59. The average Bonchev–Trinajstić information content (AvgIpc) is 2.44. The summed E-state index contributed by atoms with van der Waals surface area (Å²) >= 11 is 0. The number of rotatable bonds is 15. The molecule has 0 aromatic heterocycles. The standard InChI is InChI=1S/C17H37NO3/c1-2-3-13-17(18,21)14-9-6-8-12-16(20)11-7-4-5-10-15-19/h16,19-21H,2-15,18H2,1H3. The molecule has 0 aliphatic carbocycles. The van der Waals surface area contributed by atoms with E-state index in [1.807, 2.05) is 0 Å².